The monoisotopic (exact) mass is 675 g/mol. The molecular formula is C49H29N3O. The number of hydrogen-bond acceptors (Lipinski definition) is 2. The molecule has 4 heteroatoms. The molecule has 246 valence electrons. The van der Waals surface area contributed by atoms with Crippen LogP contribution in [0.1, 0.15) is 5.56 Å². The Morgan fingerprint density at radius 3 is 1.81 bits per heavy atom. The van der Waals surface area contributed by atoms with Crippen molar-refractivity contribution in [2.75, 3.05) is 0 Å². The lowest BCUT2D eigenvalue weighted by atomic mass is 9.93. The van der Waals surface area contributed by atoms with E-state index in [0.717, 1.165) is 88.4 Å². The fourth-order valence-electron chi connectivity index (χ4n) is 8.44. The number of aromatic nitrogens is 2. The molecule has 0 amide bonds. The third kappa shape index (κ3) is 4.29. The molecule has 0 aliphatic carbocycles. The molecule has 0 unspecified atom stereocenters. The standard InChI is InChI=1S/C49H29N3O/c50-30-33-23-22-32(31-12-2-1-3-13-31)28-41(33)37-25-24-34(29-46(37)52-42-18-8-4-14-35(42)36-15-5-9-19-43(36)52)51-44-20-10-6-17-40(44)48-45(51)27-26-39-38-16-7-11-21-47(38)53-49(39)48/h1-29H. The Balaban J connectivity index is 1.25. The molecule has 11 rings (SSSR count). The van der Waals surface area contributed by atoms with Crippen LogP contribution in [-0.2, 0) is 0 Å². The van der Waals surface area contributed by atoms with Crippen LogP contribution >= 0.6 is 0 Å². The van der Waals surface area contributed by atoms with E-state index in [2.05, 4.69) is 161 Å². The van der Waals surface area contributed by atoms with Gasteiger partial charge in [-0.25, -0.2) is 0 Å². The van der Waals surface area contributed by atoms with Crippen LogP contribution in [0.4, 0.5) is 0 Å². The largest absolute Gasteiger partial charge is 0.455 e. The van der Waals surface area contributed by atoms with Crippen molar-refractivity contribution in [2.45, 2.75) is 0 Å². The minimum absolute atomic E-state index is 0.628. The number of benzene rings is 8. The predicted molar refractivity (Wildman–Crippen MR) is 218 cm³/mol. The molecule has 53 heavy (non-hydrogen) atoms. The lowest BCUT2D eigenvalue weighted by Crippen LogP contribution is -2.02. The summed E-state index contributed by atoms with van der Waals surface area (Å²) in [7, 11) is 0. The van der Waals surface area contributed by atoms with E-state index in [-0.39, 0.29) is 0 Å². The van der Waals surface area contributed by atoms with E-state index in [1.54, 1.807) is 0 Å². The van der Waals surface area contributed by atoms with Gasteiger partial charge in [0.05, 0.1) is 44.8 Å². The van der Waals surface area contributed by atoms with E-state index >= 15 is 0 Å². The summed E-state index contributed by atoms with van der Waals surface area (Å²) in [4.78, 5) is 0. The summed E-state index contributed by atoms with van der Waals surface area (Å²) >= 11 is 0. The maximum absolute atomic E-state index is 10.5. The van der Waals surface area contributed by atoms with Gasteiger partial charge in [0, 0.05) is 43.7 Å². The van der Waals surface area contributed by atoms with E-state index in [0.29, 0.717) is 5.56 Å². The summed E-state index contributed by atoms with van der Waals surface area (Å²) in [6, 6.07) is 64.1. The Kier molecular flexibility index (Phi) is 6.28. The average Bonchev–Trinajstić information content (AvgIpc) is 3.88. The number of hydrogen-bond donors (Lipinski definition) is 0. The highest BCUT2D eigenvalue weighted by molar-refractivity contribution is 6.24. The van der Waals surface area contributed by atoms with Gasteiger partial charge in [0.2, 0.25) is 0 Å². The molecule has 4 nitrogen and oxygen atoms in total. The maximum Gasteiger partial charge on any atom is 0.145 e. The van der Waals surface area contributed by atoms with Gasteiger partial charge < -0.3 is 13.6 Å². The second-order valence-corrected chi connectivity index (χ2v) is 13.6. The highest BCUT2D eigenvalue weighted by atomic mass is 16.3. The minimum Gasteiger partial charge on any atom is -0.455 e. The van der Waals surface area contributed by atoms with Crippen molar-refractivity contribution in [3.05, 3.63) is 181 Å². The van der Waals surface area contributed by atoms with Crippen LogP contribution in [0.2, 0.25) is 0 Å². The number of nitrogens with zero attached hydrogens (tertiary/aromatic N) is 3. The van der Waals surface area contributed by atoms with Crippen LogP contribution in [-0.4, -0.2) is 9.13 Å². The van der Waals surface area contributed by atoms with Crippen molar-refractivity contribution in [3.8, 4) is 39.7 Å². The lowest BCUT2D eigenvalue weighted by Gasteiger charge is -2.18. The van der Waals surface area contributed by atoms with E-state index in [1.165, 1.54) is 10.8 Å². The molecule has 0 bridgehead atoms. The molecule has 0 aliphatic heterocycles. The smallest absolute Gasteiger partial charge is 0.145 e. The maximum atomic E-state index is 10.5. The second kappa shape index (κ2) is 11.3. The van der Waals surface area contributed by atoms with E-state index in [9.17, 15) is 5.26 Å². The van der Waals surface area contributed by atoms with Crippen molar-refractivity contribution in [2.24, 2.45) is 0 Å². The molecule has 0 aliphatic rings. The molecule has 3 heterocycles. The van der Waals surface area contributed by atoms with Crippen LogP contribution in [0.5, 0.6) is 0 Å². The normalized spacial score (nSPS) is 11.8. The summed E-state index contributed by atoms with van der Waals surface area (Å²) in [6.45, 7) is 0. The second-order valence-electron chi connectivity index (χ2n) is 13.6. The van der Waals surface area contributed by atoms with Crippen molar-refractivity contribution in [3.63, 3.8) is 0 Å². The third-order valence-electron chi connectivity index (χ3n) is 10.8. The zero-order valence-corrected chi connectivity index (χ0v) is 28.5. The third-order valence-corrected chi connectivity index (χ3v) is 10.8. The lowest BCUT2D eigenvalue weighted by molar-refractivity contribution is 0.673. The average molecular weight is 676 g/mol. The zero-order valence-electron chi connectivity index (χ0n) is 28.5. The first-order valence-corrected chi connectivity index (χ1v) is 17.8. The quantitative estimate of drug-likeness (QED) is 0.186. The van der Waals surface area contributed by atoms with Crippen LogP contribution in [0.25, 0.3) is 99.2 Å². The summed E-state index contributed by atoms with van der Waals surface area (Å²) in [5.41, 5.74) is 12.9. The van der Waals surface area contributed by atoms with Gasteiger partial charge in [-0.2, -0.15) is 5.26 Å². The van der Waals surface area contributed by atoms with E-state index in [1.807, 2.05) is 30.3 Å². The van der Waals surface area contributed by atoms with Crippen molar-refractivity contribution < 1.29 is 4.42 Å². The van der Waals surface area contributed by atoms with Crippen molar-refractivity contribution in [1.82, 2.24) is 9.13 Å². The molecular weight excluding hydrogens is 647 g/mol. The van der Waals surface area contributed by atoms with Gasteiger partial charge in [-0.15, -0.1) is 0 Å². The summed E-state index contributed by atoms with van der Waals surface area (Å²) in [6.07, 6.45) is 0. The first kappa shape index (κ1) is 29.4. The Morgan fingerprint density at radius 1 is 0.434 bits per heavy atom. The van der Waals surface area contributed by atoms with Crippen LogP contribution in [0, 0.1) is 11.3 Å². The Hall–Kier alpha value is -7.35. The fraction of sp³-hybridized carbons (Fsp3) is 0. The van der Waals surface area contributed by atoms with E-state index < -0.39 is 0 Å². The Labute approximate surface area is 304 Å². The summed E-state index contributed by atoms with van der Waals surface area (Å²) in [5, 5.41) is 17.3. The number of furan rings is 1. The number of rotatable bonds is 4. The molecule has 0 fully saturated rings. The van der Waals surface area contributed by atoms with Crippen LogP contribution in [0.15, 0.2) is 180 Å². The van der Waals surface area contributed by atoms with Gasteiger partial charge in [0.25, 0.3) is 0 Å². The molecule has 0 saturated carbocycles. The molecule has 0 atom stereocenters. The van der Waals surface area contributed by atoms with Crippen molar-refractivity contribution >= 4 is 65.6 Å². The number of nitriles is 1. The topological polar surface area (TPSA) is 46.8 Å². The van der Waals surface area contributed by atoms with Gasteiger partial charge in [-0.1, -0.05) is 115 Å². The molecule has 0 N–H and O–H groups in total. The molecule has 0 spiro atoms. The van der Waals surface area contributed by atoms with Crippen molar-refractivity contribution in [1.29, 1.82) is 5.26 Å². The summed E-state index contributed by atoms with van der Waals surface area (Å²) < 4.78 is 11.3. The molecule has 8 aromatic carbocycles. The van der Waals surface area contributed by atoms with Crippen LogP contribution < -0.4 is 0 Å². The zero-order chi connectivity index (χ0) is 35.0. The molecule has 3 aromatic heterocycles. The van der Waals surface area contributed by atoms with Gasteiger partial charge in [-0.3, -0.25) is 0 Å². The highest BCUT2D eigenvalue weighted by Gasteiger charge is 2.22. The van der Waals surface area contributed by atoms with Gasteiger partial charge in [0.15, 0.2) is 0 Å². The van der Waals surface area contributed by atoms with Gasteiger partial charge in [-0.05, 0) is 71.8 Å². The molecule has 11 aromatic rings. The predicted octanol–water partition coefficient (Wildman–Crippen LogP) is 13.0. The minimum atomic E-state index is 0.628. The number of fused-ring (bicyclic) bond motifs is 10. The number of para-hydroxylation sites is 4. The summed E-state index contributed by atoms with van der Waals surface area (Å²) in [5.74, 6) is 0. The molecule has 0 radical (unpaired) electrons. The Bertz CT molecular complexity index is 3250. The Morgan fingerprint density at radius 2 is 1.08 bits per heavy atom. The van der Waals surface area contributed by atoms with Crippen LogP contribution in [0.3, 0.4) is 0 Å². The van der Waals surface area contributed by atoms with E-state index in [4.69, 9.17) is 4.42 Å². The van der Waals surface area contributed by atoms with Gasteiger partial charge in [0.1, 0.15) is 11.2 Å². The SMILES string of the molecule is N#Cc1ccc(-c2ccccc2)cc1-c1ccc(-n2c3ccccc3c3c4oc5ccccc5c4ccc32)cc1-n1c2ccccc2c2ccccc21. The highest BCUT2D eigenvalue weighted by Crippen LogP contribution is 2.43. The van der Waals surface area contributed by atoms with Gasteiger partial charge >= 0.3 is 0 Å². The first-order chi connectivity index (χ1) is 26.3. The fourth-order valence-corrected chi connectivity index (χ4v) is 8.44. The first-order valence-electron chi connectivity index (χ1n) is 17.8. The molecule has 0 saturated heterocycles.